The van der Waals surface area contributed by atoms with E-state index >= 15 is 0 Å². The lowest BCUT2D eigenvalue weighted by Crippen LogP contribution is -2.49. The van der Waals surface area contributed by atoms with Gasteiger partial charge in [0.15, 0.2) is 11.2 Å². The van der Waals surface area contributed by atoms with E-state index in [1.807, 2.05) is 0 Å². The zero-order valence-corrected chi connectivity index (χ0v) is 14.6. The van der Waals surface area contributed by atoms with Crippen LogP contribution in [0.4, 0.5) is 18.9 Å². The highest BCUT2D eigenvalue weighted by Crippen LogP contribution is 2.42. The number of hydrogen-bond acceptors (Lipinski definition) is 6. The minimum absolute atomic E-state index is 0.0736. The molecule has 3 aromatic rings. The van der Waals surface area contributed by atoms with Crippen LogP contribution in [0.5, 0.6) is 0 Å². The van der Waals surface area contributed by atoms with E-state index in [9.17, 15) is 22.8 Å². The number of aromatic nitrogens is 5. The van der Waals surface area contributed by atoms with Gasteiger partial charge in [0, 0.05) is 38.7 Å². The number of anilines is 1. The number of aromatic amines is 2. The Balaban J connectivity index is 1.83. The molecule has 0 saturated carbocycles. The fraction of sp³-hybridized carbons (Fsp3) is 0.375. The summed E-state index contributed by atoms with van der Waals surface area (Å²) in [6.07, 6.45) is -0.595. The molecule has 4 rings (SSSR count). The van der Waals surface area contributed by atoms with Crippen molar-refractivity contribution in [3.8, 4) is 11.3 Å². The molecule has 0 amide bonds. The van der Waals surface area contributed by atoms with Crippen molar-refractivity contribution in [1.29, 1.82) is 0 Å². The van der Waals surface area contributed by atoms with Crippen molar-refractivity contribution in [1.82, 2.24) is 24.6 Å². The molecular weight excluding hydrogens is 381 g/mol. The van der Waals surface area contributed by atoms with Crippen LogP contribution in [0.25, 0.3) is 16.9 Å². The summed E-state index contributed by atoms with van der Waals surface area (Å²) in [5.74, 6) is 0. The molecule has 0 spiro atoms. The van der Waals surface area contributed by atoms with E-state index in [4.69, 9.17) is 4.74 Å². The SMILES string of the molecule is COC1(C(F)(F)F)CCN(c2cc(-c3c[nH]c(=O)[nH]c3=O)nn3ccnc23)C1. The normalized spacial score (nSPS) is 20.2. The molecule has 1 aliphatic heterocycles. The Morgan fingerprint density at radius 3 is 2.75 bits per heavy atom. The largest absolute Gasteiger partial charge is 0.419 e. The van der Waals surface area contributed by atoms with Gasteiger partial charge in [0.1, 0.15) is 5.69 Å². The van der Waals surface area contributed by atoms with Gasteiger partial charge >= 0.3 is 11.9 Å². The first-order chi connectivity index (χ1) is 13.2. The number of ether oxygens (including phenoxy) is 1. The number of nitrogens with one attached hydrogen (secondary N) is 2. The third kappa shape index (κ3) is 2.76. The Morgan fingerprint density at radius 2 is 2.11 bits per heavy atom. The highest BCUT2D eigenvalue weighted by atomic mass is 19.4. The number of fused-ring (bicyclic) bond motifs is 1. The summed E-state index contributed by atoms with van der Waals surface area (Å²) in [6, 6.07) is 1.48. The van der Waals surface area contributed by atoms with E-state index in [-0.39, 0.29) is 24.2 Å². The summed E-state index contributed by atoms with van der Waals surface area (Å²) in [5.41, 5.74) is -2.64. The predicted molar refractivity (Wildman–Crippen MR) is 92.3 cm³/mol. The van der Waals surface area contributed by atoms with Gasteiger partial charge in [-0.2, -0.15) is 18.3 Å². The van der Waals surface area contributed by atoms with Crippen molar-refractivity contribution >= 4 is 11.3 Å². The van der Waals surface area contributed by atoms with Crippen molar-refractivity contribution < 1.29 is 17.9 Å². The van der Waals surface area contributed by atoms with Crippen LogP contribution in [0.2, 0.25) is 0 Å². The summed E-state index contributed by atoms with van der Waals surface area (Å²) in [5, 5.41) is 4.27. The Hall–Kier alpha value is -3.15. The number of nitrogens with zero attached hydrogens (tertiary/aromatic N) is 4. The average Bonchev–Trinajstić information content (AvgIpc) is 3.28. The van der Waals surface area contributed by atoms with Crippen LogP contribution in [-0.4, -0.2) is 56.5 Å². The van der Waals surface area contributed by atoms with Crippen LogP contribution in [-0.2, 0) is 4.74 Å². The number of halogens is 3. The van der Waals surface area contributed by atoms with Crippen molar-refractivity contribution in [3.05, 3.63) is 45.5 Å². The third-order valence-electron chi connectivity index (χ3n) is 4.91. The molecular formula is C16H15F3N6O3. The number of hydrogen-bond donors (Lipinski definition) is 2. The highest BCUT2D eigenvalue weighted by molar-refractivity contribution is 5.74. The van der Waals surface area contributed by atoms with Crippen LogP contribution < -0.4 is 16.1 Å². The molecule has 0 radical (unpaired) electrons. The zero-order chi connectivity index (χ0) is 20.1. The maximum atomic E-state index is 13.5. The van der Waals surface area contributed by atoms with Gasteiger partial charge in [-0.3, -0.25) is 9.78 Å². The van der Waals surface area contributed by atoms with Gasteiger partial charge in [-0.1, -0.05) is 0 Å². The van der Waals surface area contributed by atoms with Gasteiger partial charge in [0.2, 0.25) is 0 Å². The maximum absolute atomic E-state index is 13.5. The van der Waals surface area contributed by atoms with E-state index in [0.29, 0.717) is 11.3 Å². The van der Waals surface area contributed by atoms with E-state index in [2.05, 4.69) is 20.1 Å². The first-order valence-electron chi connectivity index (χ1n) is 8.28. The molecule has 2 N–H and O–H groups in total. The second kappa shape index (κ2) is 6.19. The Kier molecular flexibility index (Phi) is 4.03. The van der Waals surface area contributed by atoms with Crippen LogP contribution >= 0.6 is 0 Å². The van der Waals surface area contributed by atoms with Crippen LogP contribution in [0, 0.1) is 0 Å². The molecule has 9 nitrogen and oxygen atoms in total. The average molecular weight is 396 g/mol. The van der Waals surface area contributed by atoms with E-state index in [1.54, 1.807) is 0 Å². The van der Waals surface area contributed by atoms with Crippen LogP contribution in [0.3, 0.4) is 0 Å². The molecule has 1 unspecified atom stereocenters. The first kappa shape index (κ1) is 18.2. The third-order valence-corrected chi connectivity index (χ3v) is 4.91. The molecule has 0 aliphatic carbocycles. The molecule has 3 aromatic heterocycles. The molecule has 1 saturated heterocycles. The quantitative estimate of drug-likeness (QED) is 0.682. The van der Waals surface area contributed by atoms with Gasteiger partial charge in [-0.15, -0.1) is 0 Å². The van der Waals surface area contributed by atoms with E-state index in [0.717, 1.165) is 7.11 Å². The minimum Gasteiger partial charge on any atom is -0.367 e. The number of imidazole rings is 1. The van der Waals surface area contributed by atoms with Crippen LogP contribution in [0.1, 0.15) is 6.42 Å². The zero-order valence-electron chi connectivity index (χ0n) is 14.6. The molecule has 12 heteroatoms. The number of H-pyrrole nitrogens is 2. The lowest BCUT2D eigenvalue weighted by molar-refractivity contribution is -0.260. The Morgan fingerprint density at radius 1 is 1.32 bits per heavy atom. The molecule has 1 aliphatic rings. The Labute approximate surface area is 154 Å². The van der Waals surface area contributed by atoms with Gasteiger partial charge in [-0.25, -0.2) is 14.3 Å². The minimum atomic E-state index is -4.53. The molecule has 4 heterocycles. The highest BCUT2D eigenvalue weighted by Gasteiger charge is 2.59. The maximum Gasteiger partial charge on any atom is 0.419 e. The van der Waals surface area contributed by atoms with Gasteiger partial charge in [-0.05, 0) is 6.07 Å². The second-order valence-corrected chi connectivity index (χ2v) is 6.46. The summed E-state index contributed by atoms with van der Waals surface area (Å²) < 4.78 is 46.8. The fourth-order valence-electron chi connectivity index (χ4n) is 3.37. The smallest absolute Gasteiger partial charge is 0.367 e. The van der Waals surface area contributed by atoms with E-state index < -0.39 is 29.6 Å². The summed E-state index contributed by atoms with van der Waals surface area (Å²) in [4.78, 5) is 33.5. The summed E-state index contributed by atoms with van der Waals surface area (Å²) in [6.45, 7) is -0.331. The van der Waals surface area contributed by atoms with Crippen molar-refractivity contribution in [2.75, 3.05) is 25.1 Å². The lowest BCUT2D eigenvalue weighted by Gasteiger charge is -2.30. The van der Waals surface area contributed by atoms with Crippen molar-refractivity contribution in [3.63, 3.8) is 0 Å². The van der Waals surface area contributed by atoms with Gasteiger partial charge in [0.25, 0.3) is 5.56 Å². The number of rotatable bonds is 3. The first-order valence-corrected chi connectivity index (χ1v) is 8.28. The topological polar surface area (TPSA) is 108 Å². The lowest BCUT2D eigenvalue weighted by atomic mass is 10.0. The standard InChI is InChI=1S/C16H15F3N6O3/c1-28-15(16(17,18)19)2-4-24(8-15)11-6-10(23-25-5-3-20-12(11)25)9-7-21-14(27)22-13(9)26/h3,5-7H,2,4,8H2,1H3,(H2,21,22,26,27). The van der Waals surface area contributed by atoms with Crippen molar-refractivity contribution in [2.24, 2.45) is 0 Å². The predicted octanol–water partition coefficient (Wildman–Crippen LogP) is 0.930. The van der Waals surface area contributed by atoms with Crippen molar-refractivity contribution in [2.45, 2.75) is 18.2 Å². The molecule has 0 bridgehead atoms. The molecule has 0 aromatic carbocycles. The summed E-state index contributed by atoms with van der Waals surface area (Å²) >= 11 is 0. The molecule has 1 fully saturated rings. The molecule has 148 valence electrons. The summed E-state index contributed by atoms with van der Waals surface area (Å²) in [7, 11) is 1.04. The van der Waals surface area contributed by atoms with Gasteiger partial charge < -0.3 is 14.6 Å². The number of methoxy groups -OCH3 is 1. The Bertz CT molecular complexity index is 1150. The molecule has 1 atom stereocenters. The second-order valence-electron chi connectivity index (χ2n) is 6.46. The monoisotopic (exact) mass is 396 g/mol. The van der Waals surface area contributed by atoms with Crippen LogP contribution in [0.15, 0.2) is 34.2 Å². The van der Waals surface area contributed by atoms with Gasteiger partial charge in [0.05, 0.1) is 17.8 Å². The van der Waals surface area contributed by atoms with E-state index in [1.165, 1.54) is 34.1 Å². The fourth-order valence-corrected chi connectivity index (χ4v) is 3.37. The molecule has 28 heavy (non-hydrogen) atoms. The number of alkyl halides is 3.